The quantitative estimate of drug-likeness (QED) is 0.667. The fourth-order valence-electron chi connectivity index (χ4n) is 2.29. The van der Waals surface area contributed by atoms with E-state index in [-0.39, 0.29) is 5.82 Å². The third-order valence-corrected chi connectivity index (χ3v) is 4.71. The third-order valence-electron chi connectivity index (χ3n) is 3.73. The van der Waals surface area contributed by atoms with Gasteiger partial charge < -0.3 is 10.1 Å². The molecule has 0 fully saturated rings. The summed E-state index contributed by atoms with van der Waals surface area (Å²) in [5.41, 5.74) is 1.19. The van der Waals surface area contributed by atoms with Gasteiger partial charge in [0.2, 0.25) is 5.82 Å². The van der Waals surface area contributed by atoms with E-state index in [1.54, 1.807) is 26.0 Å². The minimum absolute atomic E-state index is 0.0470. The minimum atomic E-state index is -3.27. The minimum Gasteiger partial charge on any atom is -0.453 e. The van der Waals surface area contributed by atoms with Crippen molar-refractivity contribution in [2.24, 2.45) is 0 Å². The summed E-state index contributed by atoms with van der Waals surface area (Å²) < 4.78 is 28.2. The van der Waals surface area contributed by atoms with Crippen molar-refractivity contribution in [2.75, 3.05) is 6.26 Å². The van der Waals surface area contributed by atoms with Crippen molar-refractivity contribution in [3.63, 3.8) is 0 Å². The average molecular weight is 436 g/mol. The smallest absolute Gasteiger partial charge is 0.289 e. The first-order valence-corrected chi connectivity index (χ1v) is 11.1. The number of aromatic nitrogens is 2. The molecule has 9 heteroatoms. The van der Waals surface area contributed by atoms with Gasteiger partial charge in [-0.1, -0.05) is 29.8 Å². The zero-order chi connectivity index (χ0) is 21.6. The van der Waals surface area contributed by atoms with Crippen LogP contribution in [0.4, 0.5) is 0 Å². The molecule has 0 radical (unpaired) electrons. The van der Waals surface area contributed by atoms with Crippen molar-refractivity contribution in [3.8, 4) is 5.75 Å². The predicted octanol–water partition coefficient (Wildman–Crippen LogP) is 3.55. The van der Waals surface area contributed by atoms with Gasteiger partial charge in [-0.15, -0.1) is 0 Å². The van der Waals surface area contributed by atoms with E-state index in [0.717, 1.165) is 17.2 Å². The van der Waals surface area contributed by atoms with Gasteiger partial charge in [-0.05, 0) is 39.0 Å². The molecule has 29 heavy (non-hydrogen) atoms. The molecule has 0 bridgehead atoms. The Morgan fingerprint density at radius 2 is 2.00 bits per heavy atom. The zero-order valence-electron chi connectivity index (χ0n) is 16.5. The zero-order valence-corrected chi connectivity index (χ0v) is 18.1. The van der Waals surface area contributed by atoms with Crippen molar-refractivity contribution in [2.45, 2.75) is 26.8 Å². The molecule has 1 amide bonds. The molecule has 7 nitrogen and oxygen atoms in total. The molecule has 0 unspecified atom stereocenters. The number of sulfone groups is 1. The van der Waals surface area contributed by atoms with Crippen LogP contribution >= 0.6 is 11.6 Å². The monoisotopic (exact) mass is 435 g/mol. The van der Waals surface area contributed by atoms with Gasteiger partial charge in [-0.25, -0.2) is 18.4 Å². The first kappa shape index (κ1) is 22.6. The van der Waals surface area contributed by atoms with Gasteiger partial charge in [-0.3, -0.25) is 4.79 Å². The normalized spacial score (nSPS) is 13.3. The molecule has 0 saturated heterocycles. The molecule has 0 aliphatic carbocycles. The number of allylic oxidation sites excluding steroid dienone is 1. The Bertz CT molecular complexity index is 1070. The van der Waals surface area contributed by atoms with Gasteiger partial charge in [0.25, 0.3) is 5.91 Å². The number of aryl methyl sites for hydroxylation is 1. The summed E-state index contributed by atoms with van der Waals surface area (Å²) in [5.74, 6) is 0.357. The van der Waals surface area contributed by atoms with Crippen LogP contribution in [0, 0.1) is 6.92 Å². The molecule has 0 aliphatic rings. The molecular formula is C20H22ClN3O4S. The average Bonchev–Trinajstić information content (AvgIpc) is 2.65. The molecule has 1 aromatic carbocycles. The number of nitrogens with zero attached hydrogens (tertiary/aromatic N) is 2. The number of amides is 1. The van der Waals surface area contributed by atoms with Gasteiger partial charge in [0.05, 0.1) is 16.9 Å². The fraction of sp³-hybridized carbons (Fsp3) is 0.250. The Balaban J connectivity index is 2.14. The van der Waals surface area contributed by atoms with Crippen molar-refractivity contribution in [1.82, 2.24) is 15.3 Å². The Hall–Kier alpha value is -2.71. The Morgan fingerprint density at radius 1 is 1.31 bits per heavy atom. The van der Waals surface area contributed by atoms with Crippen molar-refractivity contribution in [1.29, 1.82) is 0 Å². The van der Waals surface area contributed by atoms with Crippen LogP contribution in [0.3, 0.4) is 0 Å². The summed E-state index contributed by atoms with van der Waals surface area (Å²) in [6.07, 6.45) is 5.63. The fourth-order valence-corrected chi connectivity index (χ4v) is 3.04. The van der Waals surface area contributed by atoms with Gasteiger partial charge in [0.15, 0.2) is 15.6 Å². The van der Waals surface area contributed by atoms with Crippen LogP contribution < -0.4 is 10.1 Å². The lowest BCUT2D eigenvalue weighted by molar-refractivity contribution is 0.0936. The second-order valence-electron chi connectivity index (χ2n) is 6.30. The van der Waals surface area contributed by atoms with Crippen LogP contribution in [0.15, 0.2) is 48.0 Å². The number of rotatable bonds is 7. The Kier molecular flexibility index (Phi) is 7.53. The number of carbonyl (C=O) groups excluding carboxylic acids is 1. The van der Waals surface area contributed by atoms with Gasteiger partial charge in [0.1, 0.15) is 5.76 Å². The third kappa shape index (κ3) is 6.69. The Labute approximate surface area is 175 Å². The highest BCUT2D eigenvalue weighted by Crippen LogP contribution is 2.27. The second-order valence-corrected chi connectivity index (χ2v) is 8.64. The molecule has 1 atom stereocenters. The summed E-state index contributed by atoms with van der Waals surface area (Å²) in [6, 6.07) is 6.77. The molecule has 1 aromatic heterocycles. The number of hydrogen-bond donors (Lipinski definition) is 1. The molecule has 2 rings (SSSR count). The lowest BCUT2D eigenvalue weighted by Gasteiger charge is -2.14. The van der Waals surface area contributed by atoms with Crippen molar-refractivity contribution in [3.05, 3.63) is 70.1 Å². The molecule has 2 aromatic rings. The number of carbonyl (C=O) groups is 1. The van der Waals surface area contributed by atoms with E-state index in [4.69, 9.17) is 16.3 Å². The number of nitrogens with one attached hydrogen (secondary N) is 1. The van der Waals surface area contributed by atoms with Gasteiger partial charge >= 0.3 is 0 Å². The molecule has 154 valence electrons. The number of hydrogen-bond acceptors (Lipinski definition) is 6. The SMILES string of the molecule is C/C=C(\Oc1cnc(C(=O)N[C@H](C)/C=C/S(C)(=O)=O)nc1C)c1ccccc1Cl. The summed E-state index contributed by atoms with van der Waals surface area (Å²) in [6.45, 7) is 5.16. The second kappa shape index (κ2) is 9.67. The molecule has 0 aliphatic heterocycles. The molecule has 1 N–H and O–H groups in total. The number of ether oxygens (including phenoxy) is 1. The van der Waals surface area contributed by atoms with Crippen LogP contribution in [0.2, 0.25) is 5.02 Å². The van der Waals surface area contributed by atoms with Crippen LogP contribution in [-0.2, 0) is 9.84 Å². The highest BCUT2D eigenvalue weighted by atomic mass is 35.5. The van der Waals surface area contributed by atoms with E-state index >= 15 is 0 Å². The van der Waals surface area contributed by atoms with Crippen LogP contribution in [0.25, 0.3) is 5.76 Å². The molecular weight excluding hydrogens is 414 g/mol. The largest absolute Gasteiger partial charge is 0.453 e. The van der Waals surface area contributed by atoms with E-state index in [1.807, 2.05) is 25.1 Å². The van der Waals surface area contributed by atoms with E-state index in [9.17, 15) is 13.2 Å². The lowest BCUT2D eigenvalue weighted by atomic mass is 10.2. The van der Waals surface area contributed by atoms with Crippen LogP contribution in [-0.4, -0.2) is 36.6 Å². The standard InChI is InChI=1S/C20H22ClN3O4S/c1-5-17(15-8-6-7-9-16(15)21)28-18-12-22-19(24-14(18)3)20(25)23-13(2)10-11-29(4,26)27/h5-13H,1-4H3,(H,23,25)/b11-10+,17-5-/t13-/m1/s1. The van der Waals surface area contributed by atoms with Gasteiger partial charge in [-0.2, -0.15) is 0 Å². The number of halogens is 1. The van der Waals surface area contributed by atoms with E-state index in [0.29, 0.717) is 22.2 Å². The van der Waals surface area contributed by atoms with Crippen molar-refractivity contribution < 1.29 is 17.9 Å². The summed E-state index contributed by atoms with van der Waals surface area (Å²) in [5, 5.41) is 4.20. The maximum atomic E-state index is 12.3. The maximum absolute atomic E-state index is 12.3. The summed E-state index contributed by atoms with van der Waals surface area (Å²) in [4.78, 5) is 20.5. The van der Waals surface area contributed by atoms with E-state index in [1.165, 1.54) is 12.3 Å². The first-order chi connectivity index (χ1) is 13.6. The van der Waals surface area contributed by atoms with Crippen LogP contribution in [0.1, 0.15) is 35.7 Å². The maximum Gasteiger partial charge on any atom is 0.289 e. The van der Waals surface area contributed by atoms with Crippen molar-refractivity contribution >= 4 is 33.1 Å². The number of benzene rings is 1. The lowest BCUT2D eigenvalue weighted by Crippen LogP contribution is -2.32. The van der Waals surface area contributed by atoms with E-state index < -0.39 is 21.8 Å². The highest BCUT2D eigenvalue weighted by Gasteiger charge is 2.15. The Morgan fingerprint density at radius 3 is 2.59 bits per heavy atom. The molecule has 1 heterocycles. The predicted molar refractivity (Wildman–Crippen MR) is 113 cm³/mol. The molecule has 0 spiro atoms. The highest BCUT2D eigenvalue weighted by molar-refractivity contribution is 7.93. The van der Waals surface area contributed by atoms with E-state index in [2.05, 4.69) is 15.3 Å². The van der Waals surface area contributed by atoms with Gasteiger partial charge in [0, 0.05) is 23.3 Å². The van der Waals surface area contributed by atoms with Crippen LogP contribution in [0.5, 0.6) is 5.75 Å². The summed E-state index contributed by atoms with van der Waals surface area (Å²) >= 11 is 6.22. The molecule has 0 saturated carbocycles. The first-order valence-electron chi connectivity index (χ1n) is 8.72. The summed E-state index contributed by atoms with van der Waals surface area (Å²) in [7, 11) is -3.27. The topological polar surface area (TPSA) is 98.2 Å².